The summed E-state index contributed by atoms with van der Waals surface area (Å²) in [7, 11) is 0. The Labute approximate surface area is 64.3 Å². The molecule has 1 rings (SSSR count). The summed E-state index contributed by atoms with van der Waals surface area (Å²) in [5, 5.41) is 0. The van der Waals surface area contributed by atoms with E-state index >= 15 is 0 Å². The van der Waals surface area contributed by atoms with Crippen LogP contribution in [0.1, 0.15) is 47.0 Å². The average Bonchev–Trinajstić information content (AvgIpc) is 2.46. The van der Waals surface area contributed by atoms with Gasteiger partial charge in [-0.3, -0.25) is 0 Å². The van der Waals surface area contributed by atoms with Crippen molar-refractivity contribution in [1.82, 2.24) is 0 Å². The van der Waals surface area contributed by atoms with Crippen molar-refractivity contribution in [1.29, 1.82) is 0 Å². The van der Waals surface area contributed by atoms with Gasteiger partial charge >= 0.3 is 0 Å². The van der Waals surface area contributed by atoms with Gasteiger partial charge in [0.1, 0.15) is 0 Å². The summed E-state index contributed by atoms with van der Waals surface area (Å²) in [6.07, 6.45) is 3.95. The second kappa shape index (κ2) is 2.41. The first kappa shape index (κ1) is 7.84. The molecule has 0 fully saturated rings. The zero-order chi connectivity index (χ0) is 7.78. The molecule has 58 valence electrons. The maximum absolute atomic E-state index is 2.35. The van der Waals surface area contributed by atoms with Crippen LogP contribution < -0.4 is 0 Å². The zero-order valence-corrected chi connectivity index (χ0v) is 7.62. The van der Waals surface area contributed by atoms with Crippen molar-refractivity contribution >= 4 is 0 Å². The van der Waals surface area contributed by atoms with Gasteiger partial charge in [0.15, 0.2) is 0 Å². The maximum Gasteiger partial charge on any atom is -0.0106 e. The molecule has 0 heteroatoms. The first-order valence-electron chi connectivity index (χ1n) is 4.22. The van der Waals surface area contributed by atoms with Crippen LogP contribution in [-0.2, 0) is 0 Å². The minimum atomic E-state index is 0.549. The second-order valence-electron chi connectivity index (χ2n) is 4.26. The standard InChI is InChI=1S/C10H18/c1-5-10(3,4)7-9-6-8(9)2/h5-7H2,1-4H3. The Morgan fingerprint density at radius 3 is 2.20 bits per heavy atom. The number of rotatable bonds is 3. The first-order chi connectivity index (χ1) is 4.55. The van der Waals surface area contributed by atoms with E-state index in [9.17, 15) is 0 Å². The molecule has 0 radical (unpaired) electrons. The Morgan fingerprint density at radius 2 is 1.90 bits per heavy atom. The van der Waals surface area contributed by atoms with Gasteiger partial charge in [-0.1, -0.05) is 38.3 Å². The molecule has 0 amide bonds. The van der Waals surface area contributed by atoms with E-state index in [1.165, 1.54) is 19.3 Å². The van der Waals surface area contributed by atoms with E-state index in [1.807, 2.05) is 0 Å². The predicted molar refractivity (Wildman–Crippen MR) is 46.0 cm³/mol. The highest BCUT2D eigenvalue weighted by Gasteiger charge is 2.24. The summed E-state index contributed by atoms with van der Waals surface area (Å²) in [5.74, 6) is 0. The summed E-state index contributed by atoms with van der Waals surface area (Å²) in [4.78, 5) is 0. The van der Waals surface area contributed by atoms with Crippen molar-refractivity contribution in [3.05, 3.63) is 11.1 Å². The van der Waals surface area contributed by atoms with E-state index in [2.05, 4.69) is 27.7 Å². The molecular weight excluding hydrogens is 120 g/mol. The molecule has 1 aliphatic rings. The van der Waals surface area contributed by atoms with Crippen molar-refractivity contribution in [3.63, 3.8) is 0 Å². The van der Waals surface area contributed by atoms with Gasteiger partial charge in [-0.05, 0) is 25.2 Å². The summed E-state index contributed by atoms with van der Waals surface area (Å²) in [5.41, 5.74) is 3.90. The smallest absolute Gasteiger partial charge is 0.0106 e. The molecule has 0 aromatic rings. The molecule has 0 aliphatic heterocycles. The normalized spacial score (nSPS) is 18.0. The van der Waals surface area contributed by atoms with Gasteiger partial charge in [0, 0.05) is 0 Å². The van der Waals surface area contributed by atoms with E-state index in [0.717, 1.165) is 0 Å². The zero-order valence-electron chi connectivity index (χ0n) is 7.62. The Morgan fingerprint density at radius 1 is 1.40 bits per heavy atom. The van der Waals surface area contributed by atoms with Crippen molar-refractivity contribution in [2.75, 3.05) is 0 Å². The van der Waals surface area contributed by atoms with Crippen LogP contribution >= 0.6 is 0 Å². The Hall–Kier alpha value is -0.260. The summed E-state index contributed by atoms with van der Waals surface area (Å²) >= 11 is 0. The lowest BCUT2D eigenvalue weighted by atomic mass is 9.85. The van der Waals surface area contributed by atoms with Crippen LogP contribution in [0.15, 0.2) is 11.1 Å². The third kappa shape index (κ3) is 1.86. The van der Waals surface area contributed by atoms with Gasteiger partial charge in [-0.25, -0.2) is 0 Å². The molecule has 0 saturated carbocycles. The van der Waals surface area contributed by atoms with Gasteiger partial charge in [-0.15, -0.1) is 0 Å². The van der Waals surface area contributed by atoms with Gasteiger partial charge in [-0.2, -0.15) is 0 Å². The van der Waals surface area contributed by atoms with E-state index < -0.39 is 0 Å². The molecule has 0 aromatic heterocycles. The minimum Gasteiger partial charge on any atom is -0.0697 e. The molecule has 0 bridgehead atoms. The van der Waals surface area contributed by atoms with E-state index in [1.54, 1.807) is 11.1 Å². The Bertz CT molecular complexity index is 161. The largest absolute Gasteiger partial charge is 0.0697 e. The van der Waals surface area contributed by atoms with Gasteiger partial charge in [0.2, 0.25) is 0 Å². The molecule has 0 nitrogen and oxygen atoms in total. The van der Waals surface area contributed by atoms with Crippen LogP contribution in [-0.4, -0.2) is 0 Å². The third-order valence-electron chi connectivity index (χ3n) is 2.61. The second-order valence-corrected chi connectivity index (χ2v) is 4.26. The molecule has 1 aliphatic carbocycles. The minimum absolute atomic E-state index is 0.549. The van der Waals surface area contributed by atoms with Gasteiger partial charge in [0.25, 0.3) is 0 Å². The van der Waals surface area contributed by atoms with Crippen molar-refractivity contribution in [2.45, 2.75) is 47.0 Å². The average molecular weight is 138 g/mol. The molecular formula is C10H18. The number of allylic oxidation sites excluding steroid dienone is 2. The Kier molecular flexibility index (Phi) is 1.89. The SMILES string of the molecule is CCC(C)(C)CC1=C(C)C1. The van der Waals surface area contributed by atoms with Crippen molar-refractivity contribution < 1.29 is 0 Å². The Balaban J connectivity index is 2.38. The molecule has 0 atom stereocenters. The molecule has 0 saturated heterocycles. The highest BCUT2D eigenvalue weighted by atomic mass is 14.3. The van der Waals surface area contributed by atoms with Crippen LogP contribution in [0.3, 0.4) is 0 Å². The molecule has 10 heavy (non-hydrogen) atoms. The topological polar surface area (TPSA) is 0 Å². The van der Waals surface area contributed by atoms with Crippen molar-refractivity contribution in [2.24, 2.45) is 5.41 Å². The van der Waals surface area contributed by atoms with Crippen LogP contribution in [0, 0.1) is 5.41 Å². The lowest BCUT2D eigenvalue weighted by Crippen LogP contribution is -2.07. The first-order valence-corrected chi connectivity index (χ1v) is 4.22. The van der Waals surface area contributed by atoms with E-state index in [-0.39, 0.29) is 0 Å². The molecule has 0 unspecified atom stereocenters. The number of hydrogen-bond acceptors (Lipinski definition) is 0. The third-order valence-corrected chi connectivity index (χ3v) is 2.61. The molecule has 0 N–H and O–H groups in total. The fourth-order valence-electron chi connectivity index (χ4n) is 1.19. The molecule has 0 heterocycles. The lowest BCUT2D eigenvalue weighted by Gasteiger charge is -2.20. The van der Waals surface area contributed by atoms with Crippen LogP contribution in [0.25, 0.3) is 0 Å². The lowest BCUT2D eigenvalue weighted by molar-refractivity contribution is 0.351. The summed E-state index contributed by atoms with van der Waals surface area (Å²) < 4.78 is 0. The fourth-order valence-corrected chi connectivity index (χ4v) is 1.19. The quantitative estimate of drug-likeness (QED) is 0.523. The van der Waals surface area contributed by atoms with E-state index in [0.29, 0.717) is 5.41 Å². The molecule has 0 aromatic carbocycles. The highest BCUT2D eigenvalue weighted by Crippen LogP contribution is 2.40. The van der Waals surface area contributed by atoms with Crippen LogP contribution in [0.4, 0.5) is 0 Å². The van der Waals surface area contributed by atoms with Gasteiger partial charge in [0.05, 0.1) is 0 Å². The predicted octanol–water partition coefficient (Wildman–Crippen LogP) is 3.53. The van der Waals surface area contributed by atoms with Gasteiger partial charge < -0.3 is 0 Å². The fraction of sp³-hybridized carbons (Fsp3) is 0.800. The van der Waals surface area contributed by atoms with Crippen LogP contribution in [0.2, 0.25) is 0 Å². The molecule has 0 spiro atoms. The number of hydrogen-bond donors (Lipinski definition) is 0. The highest BCUT2D eigenvalue weighted by molar-refractivity contribution is 5.33. The monoisotopic (exact) mass is 138 g/mol. The van der Waals surface area contributed by atoms with Crippen molar-refractivity contribution in [3.8, 4) is 0 Å². The van der Waals surface area contributed by atoms with E-state index in [4.69, 9.17) is 0 Å². The summed E-state index contributed by atoms with van der Waals surface area (Å²) in [6.45, 7) is 9.23. The summed E-state index contributed by atoms with van der Waals surface area (Å²) in [6, 6.07) is 0. The van der Waals surface area contributed by atoms with Crippen LogP contribution in [0.5, 0.6) is 0 Å². The maximum atomic E-state index is 2.35.